The normalized spacial score (nSPS) is 18.1. The van der Waals surface area contributed by atoms with Crippen LogP contribution in [-0.4, -0.2) is 30.7 Å². The lowest BCUT2D eigenvalue weighted by molar-refractivity contribution is -0.138. The van der Waals surface area contributed by atoms with Gasteiger partial charge in [0.15, 0.2) is 0 Å². The van der Waals surface area contributed by atoms with E-state index < -0.39 is 17.2 Å². The van der Waals surface area contributed by atoms with Gasteiger partial charge in [-0.25, -0.2) is 0 Å². The van der Waals surface area contributed by atoms with Crippen LogP contribution < -0.4 is 20.7 Å². The van der Waals surface area contributed by atoms with Crippen LogP contribution in [0, 0.1) is 0 Å². The first kappa shape index (κ1) is 22.0. The van der Waals surface area contributed by atoms with Gasteiger partial charge in [0.2, 0.25) is 11.8 Å². The number of nitrogens with one attached hydrogen (secondary N) is 3. The predicted molar refractivity (Wildman–Crippen MR) is 114 cm³/mol. The molecule has 1 aliphatic heterocycles. The molecule has 8 heteroatoms. The quantitative estimate of drug-likeness (QED) is 0.486. The summed E-state index contributed by atoms with van der Waals surface area (Å²) in [5.41, 5.74) is 1.26. The zero-order valence-corrected chi connectivity index (χ0v) is 17.5. The summed E-state index contributed by atoms with van der Waals surface area (Å²) in [6.45, 7) is 2.11. The summed E-state index contributed by atoms with van der Waals surface area (Å²) in [5, 5.41) is 7.53. The highest BCUT2D eigenvalue weighted by Crippen LogP contribution is 2.36. The number of hydrogen-bond acceptors (Lipinski definition) is 5. The highest BCUT2D eigenvalue weighted by molar-refractivity contribution is 6.39. The Balaban J connectivity index is 1.59. The second kappa shape index (κ2) is 9.42. The Labute approximate surface area is 180 Å². The molecule has 2 aromatic rings. The van der Waals surface area contributed by atoms with Crippen molar-refractivity contribution in [3.8, 4) is 5.75 Å². The Bertz CT molecular complexity index is 985. The van der Waals surface area contributed by atoms with E-state index >= 15 is 0 Å². The van der Waals surface area contributed by atoms with Crippen molar-refractivity contribution < 1.29 is 23.9 Å². The summed E-state index contributed by atoms with van der Waals surface area (Å²) in [6.07, 6.45) is 1.27. The summed E-state index contributed by atoms with van der Waals surface area (Å²) >= 11 is 0. The maximum Gasteiger partial charge on any atom is 0.313 e. The van der Waals surface area contributed by atoms with Gasteiger partial charge in [-0.3, -0.25) is 24.5 Å². The van der Waals surface area contributed by atoms with Gasteiger partial charge in [-0.05, 0) is 48.2 Å². The van der Waals surface area contributed by atoms with E-state index in [-0.39, 0.29) is 24.8 Å². The Morgan fingerprint density at radius 3 is 2.29 bits per heavy atom. The van der Waals surface area contributed by atoms with Crippen molar-refractivity contribution >= 4 is 29.3 Å². The van der Waals surface area contributed by atoms with Gasteiger partial charge < -0.3 is 15.4 Å². The number of benzene rings is 2. The van der Waals surface area contributed by atoms with Crippen LogP contribution in [-0.2, 0) is 31.1 Å². The molecule has 31 heavy (non-hydrogen) atoms. The van der Waals surface area contributed by atoms with E-state index in [4.69, 9.17) is 4.74 Å². The highest BCUT2D eigenvalue weighted by Gasteiger charge is 2.42. The summed E-state index contributed by atoms with van der Waals surface area (Å²) in [6, 6.07) is 13.9. The van der Waals surface area contributed by atoms with Gasteiger partial charge >= 0.3 is 11.8 Å². The minimum absolute atomic E-state index is 0.210. The monoisotopic (exact) mass is 423 g/mol. The van der Waals surface area contributed by atoms with Crippen molar-refractivity contribution in [3.05, 3.63) is 59.7 Å². The van der Waals surface area contributed by atoms with Gasteiger partial charge in [-0.1, -0.05) is 31.2 Å². The van der Waals surface area contributed by atoms with Crippen LogP contribution in [0.25, 0.3) is 0 Å². The summed E-state index contributed by atoms with van der Waals surface area (Å²) in [4.78, 5) is 48.3. The first-order chi connectivity index (χ1) is 14.9. The van der Waals surface area contributed by atoms with E-state index in [9.17, 15) is 19.2 Å². The minimum atomic E-state index is -0.785. The number of amides is 4. The van der Waals surface area contributed by atoms with Crippen LogP contribution in [0.3, 0.4) is 0 Å². The number of anilines is 1. The van der Waals surface area contributed by atoms with Gasteiger partial charge in [-0.15, -0.1) is 0 Å². The molecular formula is C23H25N3O5. The van der Waals surface area contributed by atoms with Gasteiger partial charge in [0.25, 0.3) is 0 Å². The largest absolute Gasteiger partial charge is 0.497 e. The fraction of sp³-hybridized carbons (Fsp3) is 0.304. The number of carbonyl (C=O) groups is 4. The molecule has 0 radical (unpaired) electrons. The molecule has 1 atom stereocenters. The molecular weight excluding hydrogens is 398 g/mol. The maximum atomic E-state index is 12.5. The number of hydrogen-bond donors (Lipinski definition) is 3. The van der Waals surface area contributed by atoms with Gasteiger partial charge in [0.05, 0.1) is 12.5 Å². The molecule has 1 aliphatic rings. The third kappa shape index (κ3) is 4.91. The lowest BCUT2D eigenvalue weighted by Crippen LogP contribution is -2.51. The van der Waals surface area contributed by atoms with Gasteiger partial charge in [-0.2, -0.15) is 0 Å². The summed E-state index contributed by atoms with van der Waals surface area (Å²) < 4.78 is 5.08. The third-order valence-corrected chi connectivity index (χ3v) is 5.58. The number of piperidine rings is 1. The molecule has 0 bridgehead atoms. The van der Waals surface area contributed by atoms with Crippen molar-refractivity contribution in [3.63, 3.8) is 0 Å². The van der Waals surface area contributed by atoms with Crippen molar-refractivity contribution in [1.82, 2.24) is 10.6 Å². The lowest BCUT2D eigenvalue weighted by atomic mass is 9.72. The van der Waals surface area contributed by atoms with Crippen molar-refractivity contribution in [2.75, 3.05) is 12.4 Å². The first-order valence-corrected chi connectivity index (χ1v) is 10.0. The van der Waals surface area contributed by atoms with Crippen LogP contribution in [0.5, 0.6) is 5.75 Å². The molecule has 162 valence electrons. The highest BCUT2D eigenvalue weighted by atomic mass is 16.5. The van der Waals surface area contributed by atoms with Crippen molar-refractivity contribution in [2.45, 2.75) is 38.1 Å². The fourth-order valence-corrected chi connectivity index (χ4v) is 3.63. The van der Waals surface area contributed by atoms with E-state index in [1.165, 1.54) is 0 Å². The fourth-order valence-electron chi connectivity index (χ4n) is 3.63. The molecule has 0 aliphatic carbocycles. The molecule has 1 fully saturated rings. The Morgan fingerprint density at radius 2 is 1.71 bits per heavy atom. The molecule has 4 amide bonds. The Kier molecular flexibility index (Phi) is 6.69. The van der Waals surface area contributed by atoms with Crippen LogP contribution in [0.15, 0.2) is 48.5 Å². The van der Waals surface area contributed by atoms with Crippen molar-refractivity contribution in [2.24, 2.45) is 0 Å². The van der Waals surface area contributed by atoms with E-state index in [0.29, 0.717) is 24.3 Å². The number of rotatable bonds is 6. The number of imide groups is 1. The molecule has 3 N–H and O–H groups in total. The third-order valence-electron chi connectivity index (χ3n) is 5.58. The van der Waals surface area contributed by atoms with E-state index in [1.807, 2.05) is 6.92 Å². The molecule has 3 rings (SSSR count). The topological polar surface area (TPSA) is 114 Å². The molecule has 0 aromatic heterocycles. The number of ether oxygens (including phenoxy) is 1. The molecule has 1 unspecified atom stereocenters. The molecule has 0 saturated carbocycles. The van der Waals surface area contributed by atoms with E-state index in [0.717, 1.165) is 11.1 Å². The number of carbonyl (C=O) groups excluding carboxylic acids is 4. The summed E-state index contributed by atoms with van der Waals surface area (Å²) in [7, 11) is 1.57. The van der Waals surface area contributed by atoms with Crippen LogP contribution in [0.1, 0.15) is 37.3 Å². The van der Waals surface area contributed by atoms with Gasteiger partial charge in [0, 0.05) is 18.7 Å². The lowest BCUT2D eigenvalue weighted by Gasteiger charge is -2.35. The molecule has 8 nitrogen and oxygen atoms in total. The first-order valence-electron chi connectivity index (χ1n) is 10.0. The predicted octanol–water partition coefficient (Wildman–Crippen LogP) is 2.03. The smallest absolute Gasteiger partial charge is 0.313 e. The molecule has 0 spiro atoms. The van der Waals surface area contributed by atoms with E-state index in [1.54, 1.807) is 55.6 Å². The maximum absolute atomic E-state index is 12.5. The SMILES string of the molecule is CCC1(c2ccc(NC(=O)C(=O)NCc3ccc(OC)cc3)cc2)CCC(=O)NC1=O. The molecule has 1 heterocycles. The average molecular weight is 423 g/mol. The van der Waals surface area contributed by atoms with Crippen LogP contribution in [0.4, 0.5) is 5.69 Å². The van der Waals surface area contributed by atoms with Crippen LogP contribution in [0.2, 0.25) is 0 Å². The van der Waals surface area contributed by atoms with E-state index in [2.05, 4.69) is 16.0 Å². The summed E-state index contributed by atoms with van der Waals surface area (Å²) in [5.74, 6) is -1.40. The molecule has 2 aromatic carbocycles. The Morgan fingerprint density at radius 1 is 1.03 bits per heavy atom. The molecule has 1 saturated heterocycles. The second-order valence-corrected chi connectivity index (χ2v) is 7.38. The van der Waals surface area contributed by atoms with Crippen molar-refractivity contribution in [1.29, 1.82) is 0 Å². The number of methoxy groups -OCH3 is 1. The standard InChI is InChI=1S/C23H25N3O5/c1-3-23(13-12-19(27)26-22(23)30)16-6-8-17(9-7-16)25-21(29)20(28)24-14-15-4-10-18(31-2)11-5-15/h4-11H,3,12-14H2,1-2H3,(H,24,28)(H,25,29)(H,26,27,30). The zero-order valence-electron chi connectivity index (χ0n) is 17.5. The second-order valence-electron chi connectivity index (χ2n) is 7.38. The zero-order chi connectivity index (χ0) is 22.4. The average Bonchev–Trinajstić information content (AvgIpc) is 2.79. The Hall–Kier alpha value is -3.68. The van der Waals surface area contributed by atoms with Gasteiger partial charge in [0.1, 0.15) is 5.75 Å². The minimum Gasteiger partial charge on any atom is -0.497 e. The van der Waals surface area contributed by atoms with Crippen LogP contribution >= 0.6 is 0 Å².